The smallest absolute Gasteiger partial charge is 0.160 e. The highest BCUT2D eigenvalue weighted by Gasteiger charge is 2.21. The standard InChI is InChI=1S/C13H16ClN3S2/c1-9(14)12-16-11-3-2-4-15-13(11)17(12)7-10-8-18-5-6-19-10/h2-4,9-10H,5-8H2,1H3. The fraction of sp³-hybridized carbons (Fsp3) is 0.538. The number of hydrogen-bond acceptors (Lipinski definition) is 4. The molecular formula is C13H16ClN3S2. The predicted octanol–water partition coefficient (Wildman–Crippen LogP) is 3.58. The lowest BCUT2D eigenvalue weighted by Gasteiger charge is -2.22. The molecule has 3 heterocycles. The maximum Gasteiger partial charge on any atom is 0.160 e. The van der Waals surface area contributed by atoms with E-state index in [9.17, 15) is 0 Å². The van der Waals surface area contributed by atoms with E-state index in [1.807, 2.05) is 37.0 Å². The largest absolute Gasteiger partial charge is 0.310 e. The summed E-state index contributed by atoms with van der Waals surface area (Å²) in [5.74, 6) is 4.64. The van der Waals surface area contributed by atoms with Gasteiger partial charge in [-0.05, 0) is 19.1 Å². The maximum absolute atomic E-state index is 6.27. The van der Waals surface area contributed by atoms with Crippen LogP contribution in [0.25, 0.3) is 11.2 Å². The molecular weight excluding hydrogens is 298 g/mol. The van der Waals surface area contributed by atoms with Crippen LogP contribution in [-0.4, -0.2) is 37.0 Å². The van der Waals surface area contributed by atoms with Gasteiger partial charge in [-0.25, -0.2) is 9.97 Å². The first-order valence-corrected chi connectivity index (χ1v) is 9.04. The molecule has 0 N–H and O–H groups in total. The fourth-order valence-corrected chi connectivity index (χ4v) is 5.12. The summed E-state index contributed by atoms with van der Waals surface area (Å²) < 4.78 is 2.20. The van der Waals surface area contributed by atoms with Crippen molar-refractivity contribution in [1.82, 2.24) is 14.5 Å². The maximum atomic E-state index is 6.27. The van der Waals surface area contributed by atoms with Crippen LogP contribution in [0.3, 0.4) is 0 Å². The van der Waals surface area contributed by atoms with Gasteiger partial charge in [0.15, 0.2) is 5.65 Å². The van der Waals surface area contributed by atoms with Gasteiger partial charge in [0.2, 0.25) is 0 Å². The van der Waals surface area contributed by atoms with E-state index >= 15 is 0 Å². The molecule has 1 aliphatic rings. The van der Waals surface area contributed by atoms with E-state index in [1.165, 1.54) is 17.3 Å². The number of nitrogens with zero attached hydrogens (tertiary/aromatic N) is 3. The summed E-state index contributed by atoms with van der Waals surface area (Å²) in [6.45, 7) is 2.93. The van der Waals surface area contributed by atoms with E-state index < -0.39 is 0 Å². The second-order valence-corrected chi connectivity index (χ2v) is 7.82. The molecule has 1 aliphatic heterocycles. The van der Waals surface area contributed by atoms with Crippen molar-refractivity contribution in [1.29, 1.82) is 0 Å². The van der Waals surface area contributed by atoms with Gasteiger partial charge in [0.1, 0.15) is 11.3 Å². The Balaban J connectivity index is 1.97. The first-order valence-electron chi connectivity index (χ1n) is 6.40. The molecule has 0 bridgehead atoms. The Bertz CT molecular complexity index is 564. The molecule has 0 aliphatic carbocycles. The number of alkyl halides is 1. The van der Waals surface area contributed by atoms with Crippen LogP contribution in [0.5, 0.6) is 0 Å². The third-order valence-corrected chi connectivity index (χ3v) is 6.18. The second-order valence-electron chi connectivity index (χ2n) is 4.61. The lowest BCUT2D eigenvalue weighted by Crippen LogP contribution is -2.22. The van der Waals surface area contributed by atoms with Crippen molar-refractivity contribution >= 4 is 46.3 Å². The molecule has 3 rings (SSSR count). The summed E-state index contributed by atoms with van der Waals surface area (Å²) in [6.07, 6.45) is 1.83. The first kappa shape index (κ1) is 13.6. The highest BCUT2D eigenvalue weighted by molar-refractivity contribution is 8.06. The van der Waals surface area contributed by atoms with E-state index in [4.69, 9.17) is 11.6 Å². The fourth-order valence-electron chi connectivity index (χ4n) is 2.31. The minimum absolute atomic E-state index is 0.0876. The monoisotopic (exact) mass is 313 g/mol. The first-order chi connectivity index (χ1) is 9.25. The van der Waals surface area contributed by atoms with E-state index in [0.29, 0.717) is 5.25 Å². The van der Waals surface area contributed by atoms with Crippen LogP contribution in [0.1, 0.15) is 18.1 Å². The minimum atomic E-state index is -0.0876. The molecule has 102 valence electrons. The molecule has 0 amide bonds. The van der Waals surface area contributed by atoms with Crippen LogP contribution in [-0.2, 0) is 6.54 Å². The minimum Gasteiger partial charge on any atom is -0.310 e. The van der Waals surface area contributed by atoms with Crippen molar-refractivity contribution in [3.63, 3.8) is 0 Å². The van der Waals surface area contributed by atoms with Gasteiger partial charge in [-0.2, -0.15) is 23.5 Å². The normalized spacial score (nSPS) is 21.7. The third-order valence-electron chi connectivity index (χ3n) is 3.16. The summed E-state index contributed by atoms with van der Waals surface area (Å²) in [4.78, 5) is 9.11. The van der Waals surface area contributed by atoms with Crippen molar-refractivity contribution in [3.8, 4) is 0 Å². The molecule has 1 fully saturated rings. The van der Waals surface area contributed by atoms with Crippen molar-refractivity contribution in [2.45, 2.75) is 24.1 Å². The Morgan fingerprint density at radius 2 is 2.42 bits per heavy atom. The zero-order chi connectivity index (χ0) is 13.2. The molecule has 19 heavy (non-hydrogen) atoms. The SMILES string of the molecule is CC(Cl)c1nc2cccnc2n1CC1CSCCS1. The number of pyridine rings is 1. The topological polar surface area (TPSA) is 30.7 Å². The lowest BCUT2D eigenvalue weighted by atomic mass is 10.4. The Morgan fingerprint density at radius 3 is 3.16 bits per heavy atom. The van der Waals surface area contributed by atoms with E-state index in [2.05, 4.69) is 26.3 Å². The average molecular weight is 314 g/mol. The van der Waals surface area contributed by atoms with Crippen molar-refractivity contribution in [3.05, 3.63) is 24.2 Å². The van der Waals surface area contributed by atoms with Crippen LogP contribution < -0.4 is 0 Å². The van der Waals surface area contributed by atoms with Gasteiger partial charge in [0.05, 0.1) is 5.38 Å². The second kappa shape index (κ2) is 5.94. The highest BCUT2D eigenvalue weighted by atomic mass is 35.5. The summed E-state index contributed by atoms with van der Waals surface area (Å²) in [5.41, 5.74) is 1.90. The van der Waals surface area contributed by atoms with Crippen LogP contribution in [0.15, 0.2) is 18.3 Å². The van der Waals surface area contributed by atoms with Gasteiger partial charge in [0.25, 0.3) is 0 Å². The van der Waals surface area contributed by atoms with Gasteiger partial charge >= 0.3 is 0 Å². The van der Waals surface area contributed by atoms with Crippen LogP contribution in [0.2, 0.25) is 0 Å². The average Bonchev–Trinajstić information content (AvgIpc) is 2.79. The third kappa shape index (κ3) is 2.88. The number of thioether (sulfide) groups is 2. The molecule has 2 aromatic rings. The summed E-state index contributed by atoms with van der Waals surface area (Å²) in [7, 11) is 0. The van der Waals surface area contributed by atoms with Gasteiger partial charge in [0, 0.05) is 35.3 Å². The lowest BCUT2D eigenvalue weighted by molar-refractivity contribution is 0.662. The number of hydrogen-bond donors (Lipinski definition) is 0. The predicted molar refractivity (Wildman–Crippen MR) is 85.4 cm³/mol. The van der Waals surface area contributed by atoms with Crippen LogP contribution in [0, 0.1) is 0 Å². The van der Waals surface area contributed by atoms with Gasteiger partial charge in [-0.1, -0.05) is 0 Å². The summed E-state index contributed by atoms with van der Waals surface area (Å²) in [6, 6.07) is 3.93. The molecule has 0 saturated carbocycles. The Kier molecular flexibility index (Phi) is 4.24. The van der Waals surface area contributed by atoms with Gasteiger partial charge in [-0.15, -0.1) is 11.6 Å². The molecule has 1 saturated heterocycles. The molecule has 2 aromatic heterocycles. The molecule has 2 atom stereocenters. The van der Waals surface area contributed by atoms with Crippen LogP contribution in [0.4, 0.5) is 0 Å². The van der Waals surface area contributed by atoms with Crippen molar-refractivity contribution in [2.75, 3.05) is 17.3 Å². The highest BCUT2D eigenvalue weighted by Crippen LogP contribution is 2.29. The zero-order valence-corrected chi connectivity index (χ0v) is 13.1. The van der Waals surface area contributed by atoms with Gasteiger partial charge < -0.3 is 4.57 Å². The van der Waals surface area contributed by atoms with Crippen molar-refractivity contribution in [2.24, 2.45) is 0 Å². The molecule has 6 heteroatoms. The van der Waals surface area contributed by atoms with Crippen LogP contribution >= 0.6 is 35.1 Å². The van der Waals surface area contributed by atoms with E-state index in [-0.39, 0.29) is 5.38 Å². The number of fused-ring (bicyclic) bond motifs is 1. The van der Waals surface area contributed by atoms with Crippen molar-refractivity contribution < 1.29 is 0 Å². The van der Waals surface area contributed by atoms with E-state index in [0.717, 1.165) is 23.5 Å². The number of halogens is 1. The quantitative estimate of drug-likeness (QED) is 0.810. The van der Waals surface area contributed by atoms with Gasteiger partial charge in [-0.3, -0.25) is 0 Å². The Hall–Kier alpha value is -0.390. The number of imidazole rings is 1. The number of rotatable bonds is 3. The summed E-state index contributed by atoms with van der Waals surface area (Å²) in [5, 5.41) is 0.544. The summed E-state index contributed by atoms with van der Waals surface area (Å²) >= 11 is 10.4. The van der Waals surface area contributed by atoms with E-state index in [1.54, 1.807) is 0 Å². The Morgan fingerprint density at radius 1 is 1.53 bits per heavy atom. The molecule has 0 aromatic carbocycles. The molecule has 3 nitrogen and oxygen atoms in total. The zero-order valence-electron chi connectivity index (χ0n) is 10.8. The molecule has 0 spiro atoms. The number of aromatic nitrogens is 3. The molecule has 0 radical (unpaired) electrons. The molecule has 2 unspecified atom stereocenters. The Labute approximate surface area is 126 Å².